The molecule has 0 aliphatic rings. The van der Waals surface area contributed by atoms with Crippen molar-refractivity contribution in [2.24, 2.45) is 0 Å². The SMILES string of the molecule is CC(C)(C)OC(=O)[AsH]c1cccc(COS(C)(=O)=O)n1. The third-order valence-corrected chi connectivity index (χ3v) is 4.17. The van der Waals surface area contributed by atoms with E-state index in [1.165, 1.54) is 0 Å². The number of hydrogen-bond donors (Lipinski definition) is 0. The van der Waals surface area contributed by atoms with Gasteiger partial charge < -0.3 is 0 Å². The van der Waals surface area contributed by atoms with Crippen LogP contribution < -0.4 is 4.48 Å². The van der Waals surface area contributed by atoms with Gasteiger partial charge in [-0.15, -0.1) is 0 Å². The minimum atomic E-state index is -3.50. The van der Waals surface area contributed by atoms with Gasteiger partial charge in [-0.25, -0.2) is 0 Å². The molecule has 1 aromatic rings. The van der Waals surface area contributed by atoms with Crippen molar-refractivity contribution in [3.63, 3.8) is 0 Å². The maximum atomic E-state index is 11.7. The van der Waals surface area contributed by atoms with Crippen molar-refractivity contribution in [2.75, 3.05) is 6.26 Å². The molecule has 1 aromatic heterocycles. The van der Waals surface area contributed by atoms with Crippen LogP contribution in [0.5, 0.6) is 0 Å². The molecule has 6 nitrogen and oxygen atoms in total. The molecule has 0 spiro atoms. The number of aromatic nitrogens is 1. The fraction of sp³-hybridized carbons (Fsp3) is 0.500. The molecule has 0 aliphatic heterocycles. The Morgan fingerprint density at radius 1 is 1.35 bits per heavy atom. The summed E-state index contributed by atoms with van der Waals surface area (Å²) in [5.74, 6) is 0. The average Bonchev–Trinajstić information content (AvgIpc) is 2.23. The molecule has 0 radical (unpaired) electrons. The van der Waals surface area contributed by atoms with Crippen LogP contribution in [0.25, 0.3) is 0 Å². The van der Waals surface area contributed by atoms with Crippen LogP contribution in [0.4, 0.5) is 4.79 Å². The maximum absolute atomic E-state index is 11.7. The van der Waals surface area contributed by atoms with E-state index >= 15 is 0 Å². The van der Waals surface area contributed by atoms with Gasteiger partial charge in [-0.05, 0) is 0 Å². The van der Waals surface area contributed by atoms with Gasteiger partial charge in [0.25, 0.3) is 0 Å². The van der Waals surface area contributed by atoms with E-state index in [9.17, 15) is 13.2 Å². The van der Waals surface area contributed by atoms with Crippen LogP contribution in [0, 0.1) is 0 Å². The standard InChI is InChI=1S/C12H18AsNO5S/c1-12(2,3)19-11(15)13-10-7-5-6-9(14-10)8-18-20(4,16)17/h5-7,13H,8H2,1-4H3. The van der Waals surface area contributed by atoms with E-state index in [0.717, 1.165) is 6.26 Å². The molecule has 8 heteroatoms. The molecule has 0 saturated carbocycles. The first-order valence-corrected chi connectivity index (χ1v) is 9.77. The third kappa shape index (κ3) is 7.62. The molecule has 0 aromatic carbocycles. The van der Waals surface area contributed by atoms with Crippen LogP contribution in [-0.4, -0.2) is 45.8 Å². The molecule has 1 rings (SSSR count). The molecule has 20 heavy (non-hydrogen) atoms. The summed E-state index contributed by atoms with van der Waals surface area (Å²) in [6.07, 6.45) is 0.978. The van der Waals surface area contributed by atoms with Gasteiger partial charge in [0.05, 0.1) is 0 Å². The van der Waals surface area contributed by atoms with Crippen molar-refractivity contribution in [2.45, 2.75) is 33.0 Å². The van der Waals surface area contributed by atoms with Crippen molar-refractivity contribution in [3.8, 4) is 0 Å². The Hall–Kier alpha value is -0.912. The summed E-state index contributed by atoms with van der Waals surface area (Å²) in [7, 11) is -3.50. The Balaban J connectivity index is 2.66. The van der Waals surface area contributed by atoms with E-state index in [1.54, 1.807) is 39.0 Å². The van der Waals surface area contributed by atoms with Gasteiger partial charge >= 0.3 is 125 Å². The van der Waals surface area contributed by atoms with E-state index < -0.39 is 31.5 Å². The zero-order valence-electron chi connectivity index (χ0n) is 11.8. The Kier molecular flexibility index (Phi) is 5.74. The van der Waals surface area contributed by atoms with Crippen LogP contribution in [0.15, 0.2) is 18.2 Å². The fourth-order valence-corrected chi connectivity index (χ4v) is 3.52. The van der Waals surface area contributed by atoms with Gasteiger partial charge in [0, 0.05) is 0 Å². The first-order chi connectivity index (χ1) is 9.05. The second-order valence-electron chi connectivity index (χ2n) is 5.11. The van der Waals surface area contributed by atoms with Gasteiger partial charge in [0.1, 0.15) is 0 Å². The summed E-state index contributed by atoms with van der Waals surface area (Å²) in [6, 6.07) is 5.10. The second-order valence-corrected chi connectivity index (χ2v) is 9.21. The molecule has 0 fully saturated rings. The molecule has 0 amide bonds. The topological polar surface area (TPSA) is 82.6 Å². The number of ether oxygens (including phenoxy) is 1. The fourth-order valence-electron chi connectivity index (χ4n) is 1.21. The molecule has 1 heterocycles. The van der Waals surface area contributed by atoms with E-state index in [-0.39, 0.29) is 11.4 Å². The third-order valence-electron chi connectivity index (χ3n) is 1.86. The first kappa shape index (κ1) is 17.1. The summed E-state index contributed by atoms with van der Waals surface area (Å²) in [5.41, 5.74) is -0.0438. The molecule has 0 N–H and O–H groups in total. The first-order valence-electron chi connectivity index (χ1n) is 5.85. The quantitative estimate of drug-likeness (QED) is 0.562. The molecule has 0 bridgehead atoms. The molecule has 0 aliphatic carbocycles. The zero-order valence-corrected chi connectivity index (χ0v) is 14.8. The van der Waals surface area contributed by atoms with Crippen LogP contribution in [0.2, 0.25) is 0 Å². The minimum absolute atomic E-state index is 0.132. The molecular weight excluding hydrogens is 345 g/mol. The van der Waals surface area contributed by atoms with Crippen LogP contribution >= 0.6 is 0 Å². The number of hydrogen-bond acceptors (Lipinski definition) is 6. The molecular formula is C12H18AsNO5S. The number of rotatable bonds is 5. The normalized spacial score (nSPS) is 12.8. The molecule has 0 saturated heterocycles. The van der Waals surface area contributed by atoms with Crippen LogP contribution in [-0.2, 0) is 25.6 Å². The van der Waals surface area contributed by atoms with Gasteiger partial charge in [0.15, 0.2) is 0 Å². The van der Waals surface area contributed by atoms with Crippen LogP contribution in [0.1, 0.15) is 26.5 Å². The predicted octanol–water partition coefficient (Wildman–Crippen LogP) is 0.555. The monoisotopic (exact) mass is 363 g/mol. The molecule has 1 atom stereocenters. The summed E-state index contributed by atoms with van der Waals surface area (Å²) in [6.45, 7) is 5.29. The average molecular weight is 363 g/mol. The number of carbonyl (C=O) groups is 1. The van der Waals surface area contributed by atoms with Crippen molar-refractivity contribution in [1.82, 2.24) is 4.98 Å². The summed E-state index contributed by atoms with van der Waals surface area (Å²) < 4.78 is 32.1. The molecule has 112 valence electrons. The zero-order chi connectivity index (χ0) is 15.4. The second kappa shape index (κ2) is 6.70. The number of pyridine rings is 1. The Morgan fingerprint density at radius 3 is 2.55 bits per heavy atom. The van der Waals surface area contributed by atoms with Crippen LogP contribution in [0.3, 0.4) is 0 Å². The van der Waals surface area contributed by atoms with E-state index in [1.807, 2.05) is 0 Å². The Bertz CT molecular complexity index is 580. The number of nitrogens with zero attached hydrogens (tertiary/aromatic N) is 1. The van der Waals surface area contributed by atoms with E-state index in [0.29, 0.717) is 10.2 Å². The summed E-state index contributed by atoms with van der Waals surface area (Å²) in [4.78, 5) is 15.9. The molecule has 1 unspecified atom stereocenters. The predicted molar refractivity (Wildman–Crippen MR) is 76.9 cm³/mol. The van der Waals surface area contributed by atoms with Gasteiger partial charge in [-0.2, -0.15) is 0 Å². The van der Waals surface area contributed by atoms with Gasteiger partial charge in [-0.3, -0.25) is 0 Å². The van der Waals surface area contributed by atoms with E-state index in [4.69, 9.17) is 4.74 Å². The number of carbonyl (C=O) groups excluding carboxylic acids is 1. The van der Waals surface area contributed by atoms with Crippen molar-refractivity contribution >= 4 is 35.1 Å². The van der Waals surface area contributed by atoms with Crippen molar-refractivity contribution < 1.29 is 22.1 Å². The Labute approximate surface area is 125 Å². The van der Waals surface area contributed by atoms with E-state index in [2.05, 4.69) is 9.17 Å². The Morgan fingerprint density at radius 2 is 2.00 bits per heavy atom. The summed E-state index contributed by atoms with van der Waals surface area (Å²) in [5, 5.41) is 0. The van der Waals surface area contributed by atoms with Gasteiger partial charge in [0.2, 0.25) is 0 Å². The van der Waals surface area contributed by atoms with Crippen molar-refractivity contribution in [3.05, 3.63) is 23.9 Å². The summed E-state index contributed by atoms with van der Waals surface area (Å²) >= 11 is -1.18. The van der Waals surface area contributed by atoms with Gasteiger partial charge in [-0.1, -0.05) is 0 Å². The van der Waals surface area contributed by atoms with Crippen molar-refractivity contribution in [1.29, 1.82) is 0 Å².